The molecule has 0 saturated carbocycles. The summed E-state index contributed by atoms with van der Waals surface area (Å²) in [6.07, 6.45) is 3.88. The van der Waals surface area contributed by atoms with Crippen molar-refractivity contribution >= 4 is 40.4 Å². The topological polar surface area (TPSA) is 45.2 Å². The van der Waals surface area contributed by atoms with Gasteiger partial charge in [-0.2, -0.15) is 0 Å². The number of hydrogen-bond acceptors (Lipinski definition) is 4. The van der Waals surface area contributed by atoms with Crippen LogP contribution < -0.4 is 5.32 Å². The minimum atomic E-state index is -0.0115. The maximum atomic E-state index is 13.4. The van der Waals surface area contributed by atoms with Crippen molar-refractivity contribution in [3.05, 3.63) is 99.1 Å². The van der Waals surface area contributed by atoms with Gasteiger partial charge in [-0.05, 0) is 77.4 Å². The Morgan fingerprint density at radius 1 is 1.08 bits per heavy atom. The Morgan fingerprint density at radius 2 is 1.92 bits per heavy atom. The second kappa shape index (κ2) is 11.8. The van der Waals surface area contributed by atoms with E-state index in [0.29, 0.717) is 17.1 Å². The van der Waals surface area contributed by atoms with Crippen LogP contribution in [0.25, 0.3) is 21.6 Å². The van der Waals surface area contributed by atoms with E-state index in [2.05, 4.69) is 54.7 Å². The molecule has 1 unspecified atom stereocenters. The van der Waals surface area contributed by atoms with Crippen LogP contribution in [0.5, 0.6) is 0 Å². The Kier molecular flexibility index (Phi) is 8.43. The number of benzene rings is 2. The lowest BCUT2D eigenvalue weighted by atomic mass is 9.90. The quantitative estimate of drug-likeness (QED) is 0.250. The number of carbonyl (C=O) groups is 1. The van der Waals surface area contributed by atoms with Crippen LogP contribution >= 0.6 is 34.5 Å². The van der Waals surface area contributed by atoms with Gasteiger partial charge >= 0.3 is 0 Å². The Bertz CT molecular complexity index is 1480. The van der Waals surface area contributed by atoms with Crippen molar-refractivity contribution in [1.29, 1.82) is 0 Å². The molecule has 3 heterocycles. The molecule has 1 saturated heterocycles. The molecule has 0 spiro atoms. The number of piperidine rings is 1. The summed E-state index contributed by atoms with van der Waals surface area (Å²) in [6, 6.07) is 20.2. The highest BCUT2D eigenvalue weighted by Gasteiger charge is 2.25. The van der Waals surface area contributed by atoms with Crippen LogP contribution in [0.4, 0.5) is 0 Å². The van der Waals surface area contributed by atoms with Crippen LogP contribution in [0.3, 0.4) is 0 Å². The molecule has 0 radical (unpaired) electrons. The number of thiophene rings is 1. The molecule has 0 aliphatic carbocycles. The highest BCUT2D eigenvalue weighted by Crippen LogP contribution is 2.37. The first-order valence-electron chi connectivity index (χ1n) is 13.3. The van der Waals surface area contributed by atoms with Crippen LogP contribution in [0.2, 0.25) is 10.0 Å². The fourth-order valence-electron chi connectivity index (χ4n) is 4.92. The number of likely N-dealkylation sites (tertiary alicyclic amines) is 1. The first-order valence-corrected chi connectivity index (χ1v) is 14.9. The lowest BCUT2D eigenvalue weighted by molar-refractivity contribution is 0.0694. The second-order valence-corrected chi connectivity index (χ2v) is 12.9. The van der Waals surface area contributed by atoms with Crippen LogP contribution in [0.15, 0.2) is 72.2 Å². The van der Waals surface area contributed by atoms with Crippen molar-refractivity contribution in [2.75, 3.05) is 13.1 Å². The van der Waals surface area contributed by atoms with Gasteiger partial charge in [-0.1, -0.05) is 62.2 Å². The van der Waals surface area contributed by atoms with Crippen LogP contribution in [-0.2, 0) is 12.0 Å². The molecule has 1 atom stereocenters. The zero-order chi connectivity index (χ0) is 27.6. The molecule has 5 rings (SSSR count). The van der Waals surface area contributed by atoms with Crippen LogP contribution in [-0.4, -0.2) is 34.9 Å². The average molecular weight is 579 g/mol. The minimum absolute atomic E-state index is 0.0115. The van der Waals surface area contributed by atoms with Gasteiger partial charge in [-0.3, -0.25) is 9.78 Å². The van der Waals surface area contributed by atoms with Gasteiger partial charge in [0, 0.05) is 69.0 Å². The summed E-state index contributed by atoms with van der Waals surface area (Å²) in [5.41, 5.74) is 5.95. The van der Waals surface area contributed by atoms with Gasteiger partial charge in [0.05, 0.1) is 0 Å². The number of halogens is 2. The number of amides is 1. The van der Waals surface area contributed by atoms with Gasteiger partial charge in [0.1, 0.15) is 0 Å². The summed E-state index contributed by atoms with van der Waals surface area (Å²) in [5.74, 6) is 0.0233. The zero-order valence-electron chi connectivity index (χ0n) is 22.5. The normalized spacial score (nSPS) is 15.9. The maximum absolute atomic E-state index is 13.4. The predicted molar refractivity (Wildman–Crippen MR) is 164 cm³/mol. The van der Waals surface area contributed by atoms with Crippen LogP contribution in [0, 0.1) is 0 Å². The highest BCUT2D eigenvalue weighted by atomic mass is 35.5. The number of nitrogens with one attached hydrogen (secondary N) is 1. The number of carbonyl (C=O) groups excluding carboxylic acids is 1. The van der Waals surface area contributed by atoms with Gasteiger partial charge < -0.3 is 10.2 Å². The molecule has 2 aromatic heterocycles. The molecule has 1 aliphatic rings. The van der Waals surface area contributed by atoms with E-state index in [0.717, 1.165) is 58.9 Å². The molecule has 2 aromatic carbocycles. The van der Waals surface area contributed by atoms with Gasteiger partial charge in [-0.15, -0.1) is 11.3 Å². The SMILES string of the molecule is CC(C)(C)c1cc(-c2cc(-c3ccc(C(=O)N4CCCC(NCc5cccc(Cl)c5)C4)cc3Cl)cs2)ccn1. The first-order chi connectivity index (χ1) is 18.7. The van der Waals surface area contributed by atoms with Gasteiger partial charge in [0.15, 0.2) is 0 Å². The van der Waals surface area contributed by atoms with E-state index in [1.165, 1.54) is 4.88 Å². The zero-order valence-corrected chi connectivity index (χ0v) is 24.8. The van der Waals surface area contributed by atoms with Crippen molar-refractivity contribution < 1.29 is 4.79 Å². The molecular formula is C32H33Cl2N3OS. The summed E-state index contributed by atoms with van der Waals surface area (Å²) < 4.78 is 0. The maximum Gasteiger partial charge on any atom is 0.253 e. The largest absolute Gasteiger partial charge is 0.337 e. The van der Waals surface area contributed by atoms with Crippen molar-refractivity contribution in [2.24, 2.45) is 0 Å². The van der Waals surface area contributed by atoms with Gasteiger partial charge in [0.25, 0.3) is 5.91 Å². The molecule has 4 aromatic rings. The lowest BCUT2D eigenvalue weighted by Gasteiger charge is -2.33. The molecule has 4 nitrogen and oxygen atoms in total. The first kappa shape index (κ1) is 27.9. The smallest absolute Gasteiger partial charge is 0.253 e. The summed E-state index contributed by atoms with van der Waals surface area (Å²) in [5, 5.41) is 7.03. The minimum Gasteiger partial charge on any atom is -0.337 e. The summed E-state index contributed by atoms with van der Waals surface area (Å²) in [4.78, 5) is 21.0. The fraction of sp³-hybridized carbons (Fsp3) is 0.312. The van der Waals surface area contributed by atoms with Gasteiger partial charge in [0.2, 0.25) is 0 Å². The molecule has 7 heteroatoms. The van der Waals surface area contributed by atoms with Gasteiger partial charge in [-0.25, -0.2) is 0 Å². The van der Waals surface area contributed by atoms with Crippen molar-refractivity contribution in [3.8, 4) is 21.6 Å². The Labute approximate surface area is 245 Å². The van der Waals surface area contributed by atoms with Crippen molar-refractivity contribution in [1.82, 2.24) is 15.2 Å². The number of nitrogens with zero attached hydrogens (tertiary/aromatic N) is 2. The number of rotatable bonds is 6. The molecular weight excluding hydrogens is 545 g/mol. The van der Waals surface area contributed by atoms with E-state index in [1.54, 1.807) is 11.3 Å². The molecule has 0 bridgehead atoms. The highest BCUT2D eigenvalue weighted by molar-refractivity contribution is 7.14. The number of aromatic nitrogens is 1. The van der Waals surface area contributed by atoms with E-state index in [-0.39, 0.29) is 17.4 Å². The third-order valence-electron chi connectivity index (χ3n) is 7.13. The third kappa shape index (κ3) is 6.72. The van der Waals surface area contributed by atoms with Crippen molar-refractivity contribution in [2.45, 2.75) is 51.6 Å². The van der Waals surface area contributed by atoms with E-state index >= 15 is 0 Å². The lowest BCUT2D eigenvalue weighted by Crippen LogP contribution is -2.47. The molecule has 1 aliphatic heterocycles. The standard InChI is InChI=1S/C32H33Cl2N3OS/c1-32(2,3)30-17-22(11-12-35-30)29-16-24(20-39-29)27-10-9-23(15-28(27)34)31(38)37-13-5-8-26(19-37)36-18-21-6-4-7-25(33)14-21/h4,6-7,9-12,14-17,20,26,36H,5,8,13,18-19H2,1-3H3. The van der Waals surface area contributed by atoms with Crippen LogP contribution in [0.1, 0.15) is 55.2 Å². The van der Waals surface area contributed by atoms with E-state index < -0.39 is 0 Å². The van der Waals surface area contributed by atoms with E-state index in [4.69, 9.17) is 23.2 Å². The monoisotopic (exact) mass is 577 g/mol. The molecule has 1 fully saturated rings. The van der Waals surface area contributed by atoms with E-state index in [1.807, 2.05) is 53.6 Å². The number of pyridine rings is 1. The average Bonchev–Trinajstić information content (AvgIpc) is 3.41. The predicted octanol–water partition coefficient (Wildman–Crippen LogP) is 8.48. The number of hydrogen-bond donors (Lipinski definition) is 1. The Hall–Kier alpha value is -2.70. The fourth-order valence-corrected chi connectivity index (χ4v) is 6.33. The summed E-state index contributed by atoms with van der Waals surface area (Å²) >= 11 is 14.6. The summed E-state index contributed by atoms with van der Waals surface area (Å²) in [6.45, 7) is 8.67. The Balaban J connectivity index is 1.26. The molecule has 1 N–H and O–H groups in total. The molecule has 202 valence electrons. The molecule has 1 amide bonds. The van der Waals surface area contributed by atoms with E-state index in [9.17, 15) is 4.79 Å². The Morgan fingerprint density at radius 3 is 2.69 bits per heavy atom. The summed E-state index contributed by atoms with van der Waals surface area (Å²) in [7, 11) is 0. The molecule has 39 heavy (non-hydrogen) atoms. The third-order valence-corrected chi connectivity index (χ3v) is 8.66. The second-order valence-electron chi connectivity index (χ2n) is 11.2. The van der Waals surface area contributed by atoms with Crippen molar-refractivity contribution in [3.63, 3.8) is 0 Å².